The highest BCUT2D eigenvalue weighted by Crippen LogP contribution is 2.29. The van der Waals surface area contributed by atoms with E-state index in [0.29, 0.717) is 12.5 Å². The fourth-order valence-corrected chi connectivity index (χ4v) is 4.79. The summed E-state index contributed by atoms with van der Waals surface area (Å²) in [6, 6.07) is 15.4. The monoisotopic (exact) mass is 396 g/mol. The number of hydrogen-bond donors (Lipinski definition) is 2. The zero-order valence-corrected chi connectivity index (χ0v) is 17.6. The Bertz CT molecular complexity index is 801. The summed E-state index contributed by atoms with van der Waals surface area (Å²) in [7, 11) is 0. The van der Waals surface area contributed by atoms with Crippen molar-refractivity contribution in [3.63, 3.8) is 0 Å². The lowest BCUT2D eigenvalue weighted by molar-refractivity contribution is -0.676. The molecule has 1 saturated carbocycles. The molecule has 1 aliphatic carbocycles. The van der Waals surface area contributed by atoms with Crippen LogP contribution in [0.5, 0.6) is 0 Å². The van der Waals surface area contributed by atoms with Crippen LogP contribution >= 0.6 is 11.3 Å². The van der Waals surface area contributed by atoms with E-state index in [1.54, 1.807) is 11.3 Å². The molecule has 3 N–H and O–H groups in total. The third-order valence-electron chi connectivity index (χ3n) is 5.92. The molecule has 0 spiro atoms. The Morgan fingerprint density at radius 2 is 1.93 bits per heavy atom. The molecule has 1 fully saturated rings. The van der Waals surface area contributed by atoms with Gasteiger partial charge in [-0.25, -0.2) is 0 Å². The van der Waals surface area contributed by atoms with E-state index in [1.165, 1.54) is 16.0 Å². The van der Waals surface area contributed by atoms with Gasteiger partial charge in [-0.05, 0) is 55.0 Å². The van der Waals surface area contributed by atoms with Gasteiger partial charge in [0.15, 0.2) is 6.54 Å². The summed E-state index contributed by atoms with van der Waals surface area (Å²) < 4.78 is 0. The molecular weight excluding hydrogens is 366 g/mol. The lowest BCUT2D eigenvalue weighted by Crippen LogP contribution is -2.88. The molecule has 1 amide bonds. The third kappa shape index (κ3) is 4.81. The van der Waals surface area contributed by atoms with Crippen LogP contribution in [0, 0.1) is 11.3 Å². The van der Waals surface area contributed by atoms with Crippen LogP contribution in [0.2, 0.25) is 0 Å². The molecule has 0 aliphatic heterocycles. The predicted octanol–water partition coefficient (Wildman–Crippen LogP) is 3.87. The molecule has 2 atom stereocenters. The molecule has 4 nitrogen and oxygen atoms in total. The highest BCUT2D eigenvalue weighted by molar-refractivity contribution is 7.10. The fraction of sp³-hybridized carbons (Fsp3) is 0.478. The van der Waals surface area contributed by atoms with Crippen LogP contribution in [-0.2, 0) is 4.79 Å². The van der Waals surface area contributed by atoms with Gasteiger partial charge in [0, 0.05) is 5.56 Å². The Labute approximate surface area is 172 Å². The van der Waals surface area contributed by atoms with Gasteiger partial charge in [0.1, 0.15) is 11.6 Å². The maximum Gasteiger partial charge on any atom is 0.276 e. The van der Waals surface area contributed by atoms with Crippen LogP contribution in [0.25, 0.3) is 0 Å². The summed E-state index contributed by atoms with van der Waals surface area (Å²) in [5.41, 5.74) is 1.91. The number of thiophene rings is 1. The minimum atomic E-state index is -0.651. The van der Waals surface area contributed by atoms with Crippen LogP contribution < -0.4 is 10.6 Å². The minimum absolute atomic E-state index is 0.0544. The predicted molar refractivity (Wildman–Crippen MR) is 113 cm³/mol. The van der Waals surface area contributed by atoms with E-state index in [4.69, 9.17) is 0 Å². The topological polar surface area (TPSA) is 69.5 Å². The molecule has 1 aromatic carbocycles. The number of hydrogen-bond acceptors (Lipinski definition) is 3. The molecule has 0 saturated heterocycles. The maximum absolute atomic E-state index is 12.6. The van der Waals surface area contributed by atoms with Gasteiger partial charge in [-0.1, -0.05) is 44.2 Å². The van der Waals surface area contributed by atoms with E-state index < -0.39 is 5.54 Å². The molecule has 28 heavy (non-hydrogen) atoms. The normalized spacial score (nSPS) is 17.6. The maximum atomic E-state index is 12.6. The number of benzene rings is 1. The Kier molecular flexibility index (Phi) is 6.88. The highest BCUT2D eigenvalue weighted by Gasteiger charge is 2.35. The molecular formula is C23H30N3OS+. The number of nitrogens with two attached hydrogens (primary N) is 1. The molecule has 1 aliphatic rings. The van der Waals surface area contributed by atoms with Crippen molar-refractivity contribution < 1.29 is 10.1 Å². The highest BCUT2D eigenvalue weighted by atomic mass is 32.1. The molecule has 0 unspecified atom stereocenters. The number of rotatable bonds is 8. The first-order valence-electron chi connectivity index (χ1n) is 10.3. The van der Waals surface area contributed by atoms with Crippen LogP contribution in [0.15, 0.2) is 41.8 Å². The Balaban J connectivity index is 1.69. The van der Waals surface area contributed by atoms with E-state index in [-0.39, 0.29) is 11.9 Å². The molecule has 1 heterocycles. The van der Waals surface area contributed by atoms with E-state index in [2.05, 4.69) is 72.3 Å². The van der Waals surface area contributed by atoms with E-state index >= 15 is 0 Å². The Hall–Kier alpha value is -2.16. The van der Waals surface area contributed by atoms with Crippen molar-refractivity contribution in [3.05, 3.63) is 57.8 Å². The molecule has 2 aromatic rings. The Morgan fingerprint density at radius 1 is 1.25 bits per heavy atom. The number of carbonyl (C=O) groups is 1. The summed E-state index contributed by atoms with van der Waals surface area (Å²) >= 11 is 1.71. The average Bonchev–Trinajstić information content (AvgIpc) is 3.41. The van der Waals surface area contributed by atoms with Gasteiger partial charge in [0.25, 0.3) is 5.91 Å². The first-order chi connectivity index (χ1) is 13.6. The molecule has 0 bridgehead atoms. The van der Waals surface area contributed by atoms with Gasteiger partial charge in [0.2, 0.25) is 0 Å². The van der Waals surface area contributed by atoms with Crippen molar-refractivity contribution in [1.29, 1.82) is 5.26 Å². The standard InChI is InChI=1S/C23H29N3OS/c1-3-17(2)18-8-10-19(11-9-18)22(20-7-6-14-28-20)25-15-21(27)26-23(16-24)12-4-5-13-23/h6-11,14,17,22,25H,3-5,12-13,15H2,1-2H3,(H,26,27)/p+1/t17-,22+/m0/s1. The molecule has 148 valence electrons. The summed E-state index contributed by atoms with van der Waals surface area (Å²) in [6.45, 7) is 4.77. The third-order valence-corrected chi connectivity index (χ3v) is 6.87. The summed E-state index contributed by atoms with van der Waals surface area (Å²) in [6.07, 6.45) is 4.68. The molecule has 3 rings (SSSR count). The van der Waals surface area contributed by atoms with Crippen molar-refractivity contribution >= 4 is 17.2 Å². The van der Waals surface area contributed by atoms with Gasteiger partial charge in [-0.2, -0.15) is 5.26 Å². The van der Waals surface area contributed by atoms with Crippen LogP contribution in [0.3, 0.4) is 0 Å². The fourth-order valence-electron chi connectivity index (χ4n) is 3.94. The summed E-state index contributed by atoms with van der Waals surface area (Å²) in [5, 5.41) is 16.6. The number of quaternary nitrogens is 1. The summed E-state index contributed by atoms with van der Waals surface area (Å²) in [5.74, 6) is 0.499. The number of carbonyl (C=O) groups excluding carboxylic acids is 1. The van der Waals surface area contributed by atoms with Crippen molar-refractivity contribution in [2.24, 2.45) is 0 Å². The van der Waals surface area contributed by atoms with E-state index in [9.17, 15) is 10.1 Å². The second kappa shape index (κ2) is 9.36. The second-order valence-electron chi connectivity index (χ2n) is 7.86. The lowest BCUT2D eigenvalue weighted by atomic mass is 9.95. The first-order valence-corrected chi connectivity index (χ1v) is 11.1. The molecule has 0 radical (unpaired) electrons. The number of nitrogens with zero attached hydrogens (tertiary/aromatic N) is 1. The summed E-state index contributed by atoms with van der Waals surface area (Å²) in [4.78, 5) is 13.8. The van der Waals surface area contributed by atoms with Crippen molar-refractivity contribution in [1.82, 2.24) is 5.32 Å². The lowest BCUT2D eigenvalue weighted by Gasteiger charge is -2.22. The van der Waals surface area contributed by atoms with Gasteiger partial charge in [0.05, 0.1) is 10.9 Å². The SMILES string of the molecule is CC[C@H](C)c1ccc([C@@H]([NH2+]CC(=O)NC2(C#N)CCCC2)c2cccs2)cc1. The number of nitrogens with one attached hydrogen (secondary N) is 1. The van der Waals surface area contributed by atoms with Crippen molar-refractivity contribution in [2.75, 3.05) is 6.54 Å². The van der Waals surface area contributed by atoms with Crippen LogP contribution in [0.1, 0.15) is 73.9 Å². The smallest absolute Gasteiger partial charge is 0.276 e. The average molecular weight is 397 g/mol. The van der Waals surface area contributed by atoms with Crippen LogP contribution in [0.4, 0.5) is 0 Å². The molecule has 5 heteroatoms. The van der Waals surface area contributed by atoms with Crippen molar-refractivity contribution in [2.45, 2.75) is 63.5 Å². The van der Waals surface area contributed by atoms with Crippen molar-refractivity contribution in [3.8, 4) is 6.07 Å². The van der Waals surface area contributed by atoms with Gasteiger partial charge >= 0.3 is 0 Å². The first kappa shape index (κ1) is 20.6. The van der Waals surface area contributed by atoms with Gasteiger partial charge in [-0.3, -0.25) is 4.79 Å². The zero-order valence-electron chi connectivity index (χ0n) is 16.8. The minimum Gasteiger partial charge on any atom is -0.333 e. The second-order valence-corrected chi connectivity index (χ2v) is 8.84. The molecule has 1 aromatic heterocycles. The Morgan fingerprint density at radius 3 is 2.50 bits per heavy atom. The van der Waals surface area contributed by atoms with E-state index in [0.717, 1.165) is 32.1 Å². The van der Waals surface area contributed by atoms with E-state index in [1.807, 2.05) is 0 Å². The zero-order chi connectivity index (χ0) is 20.0. The van der Waals surface area contributed by atoms with Gasteiger partial charge in [-0.15, -0.1) is 11.3 Å². The number of amides is 1. The number of nitriles is 1. The largest absolute Gasteiger partial charge is 0.333 e. The van der Waals surface area contributed by atoms with Crippen LogP contribution in [-0.4, -0.2) is 18.0 Å². The van der Waals surface area contributed by atoms with Gasteiger partial charge < -0.3 is 10.6 Å². The quantitative estimate of drug-likeness (QED) is 0.711.